The van der Waals surface area contributed by atoms with Gasteiger partial charge in [-0.2, -0.15) is 0 Å². The number of urea groups is 1. The van der Waals surface area contributed by atoms with Crippen molar-refractivity contribution >= 4 is 24.1 Å². The van der Waals surface area contributed by atoms with Crippen LogP contribution in [0.25, 0.3) is 0 Å². The van der Waals surface area contributed by atoms with E-state index in [1.807, 2.05) is 6.92 Å². The Kier molecular flexibility index (Phi) is 2.49. The van der Waals surface area contributed by atoms with E-state index in [2.05, 4.69) is 4.99 Å². The quantitative estimate of drug-likeness (QED) is 0.606. The van der Waals surface area contributed by atoms with Gasteiger partial charge in [-0.05, 0) is 13.8 Å². The lowest BCUT2D eigenvalue weighted by Crippen LogP contribution is -2.62. The van der Waals surface area contributed by atoms with Crippen LogP contribution in [-0.4, -0.2) is 64.7 Å². The maximum Gasteiger partial charge on any atom is 0.388 e. The maximum absolute atomic E-state index is 12.0. The van der Waals surface area contributed by atoms with Crippen molar-refractivity contribution in [2.45, 2.75) is 19.9 Å². The SMILES string of the molecule is CCN1C(=O)C2N=C[N+](C)=C2N(CC)C1=O. The molecule has 1 unspecified atom stereocenters. The molecule has 2 rings (SSSR count). The highest BCUT2D eigenvalue weighted by molar-refractivity contribution is 6.20. The van der Waals surface area contributed by atoms with Gasteiger partial charge in [0.25, 0.3) is 17.8 Å². The first-order chi connectivity index (χ1) is 7.61. The Morgan fingerprint density at radius 3 is 2.50 bits per heavy atom. The van der Waals surface area contributed by atoms with Crippen molar-refractivity contribution in [3.8, 4) is 0 Å². The molecule has 0 bridgehead atoms. The number of hydrogen-bond donors (Lipinski definition) is 0. The third kappa shape index (κ3) is 1.26. The number of amidine groups is 1. The summed E-state index contributed by atoms with van der Waals surface area (Å²) in [5.74, 6) is 0.440. The van der Waals surface area contributed by atoms with E-state index in [9.17, 15) is 9.59 Å². The molecule has 3 amide bonds. The predicted molar refractivity (Wildman–Crippen MR) is 58.6 cm³/mol. The number of carbonyl (C=O) groups is 2. The standard InChI is InChI=1S/C10H15N4O2/c1-4-13-8-7(11-6-12(8)3)9(15)14(5-2)10(13)16/h6-7H,4-5H2,1-3H3/q+1. The Morgan fingerprint density at radius 1 is 1.31 bits per heavy atom. The molecule has 0 saturated carbocycles. The van der Waals surface area contributed by atoms with Gasteiger partial charge in [-0.15, -0.1) is 4.99 Å². The molecule has 1 atom stereocenters. The number of carbonyl (C=O) groups excluding carboxylic acids is 2. The van der Waals surface area contributed by atoms with E-state index in [4.69, 9.17) is 0 Å². The minimum Gasteiger partial charge on any atom is -0.269 e. The Hall–Kier alpha value is -1.72. The topological polar surface area (TPSA) is 56.0 Å². The third-order valence-corrected chi connectivity index (χ3v) is 2.87. The first-order valence-electron chi connectivity index (χ1n) is 5.37. The highest BCUT2D eigenvalue weighted by Gasteiger charge is 2.51. The zero-order valence-electron chi connectivity index (χ0n) is 9.67. The van der Waals surface area contributed by atoms with E-state index in [0.717, 1.165) is 0 Å². The Morgan fingerprint density at radius 2 is 1.94 bits per heavy atom. The first-order valence-corrected chi connectivity index (χ1v) is 5.37. The fourth-order valence-electron chi connectivity index (χ4n) is 2.07. The van der Waals surface area contributed by atoms with Crippen LogP contribution < -0.4 is 0 Å². The number of fused-ring (bicyclic) bond motifs is 1. The van der Waals surface area contributed by atoms with E-state index in [-0.39, 0.29) is 11.9 Å². The number of amides is 3. The average molecular weight is 223 g/mol. The van der Waals surface area contributed by atoms with Gasteiger partial charge in [-0.25, -0.2) is 19.2 Å². The van der Waals surface area contributed by atoms with E-state index >= 15 is 0 Å². The molecular formula is C10H15N4O2+. The van der Waals surface area contributed by atoms with Gasteiger partial charge in [0.05, 0.1) is 13.6 Å². The predicted octanol–water partition coefficient (Wildman–Crippen LogP) is -0.258. The van der Waals surface area contributed by atoms with Crippen LogP contribution in [0.15, 0.2) is 4.99 Å². The van der Waals surface area contributed by atoms with Crippen LogP contribution in [-0.2, 0) is 4.79 Å². The molecular weight excluding hydrogens is 208 g/mol. The number of hydrogen-bond acceptors (Lipinski definition) is 3. The van der Waals surface area contributed by atoms with Gasteiger partial charge in [0.15, 0.2) is 0 Å². The molecule has 0 aromatic carbocycles. The molecule has 6 heteroatoms. The summed E-state index contributed by atoms with van der Waals surface area (Å²) >= 11 is 0. The second-order valence-electron chi connectivity index (χ2n) is 3.75. The third-order valence-electron chi connectivity index (χ3n) is 2.87. The second-order valence-corrected chi connectivity index (χ2v) is 3.75. The van der Waals surface area contributed by atoms with Gasteiger partial charge in [0.2, 0.25) is 6.34 Å². The Labute approximate surface area is 93.9 Å². The van der Waals surface area contributed by atoms with Gasteiger partial charge in [0, 0.05) is 6.54 Å². The van der Waals surface area contributed by atoms with Crippen molar-refractivity contribution in [2.75, 3.05) is 20.1 Å². The number of nitrogens with zero attached hydrogens (tertiary/aromatic N) is 4. The fourth-order valence-corrected chi connectivity index (χ4v) is 2.07. The van der Waals surface area contributed by atoms with Gasteiger partial charge in [0.1, 0.15) is 0 Å². The van der Waals surface area contributed by atoms with Crippen LogP contribution in [0.3, 0.4) is 0 Å². The van der Waals surface area contributed by atoms with E-state index in [1.165, 1.54) is 4.90 Å². The summed E-state index contributed by atoms with van der Waals surface area (Å²) in [6.45, 7) is 4.61. The average Bonchev–Trinajstić information content (AvgIpc) is 2.63. The van der Waals surface area contributed by atoms with E-state index < -0.39 is 6.04 Å². The van der Waals surface area contributed by atoms with Crippen LogP contribution in [0.1, 0.15) is 13.8 Å². The van der Waals surface area contributed by atoms with Gasteiger partial charge in [-0.3, -0.25) is 4.79 Å². The molecule has 0 N–H and O–H groups in total. The van der Waals surface area contributed by atoms with Crippen LogP contribution >= 0.6 is 0 Å². The second kappa shape index (κ2) is 3.70. The van der Waals surface area contributed by atoms with Crippen molar-refractivity contribution < 1.29 is 14.2 Å². The zero-order valence-corrected chi connectivity index (χ0v) is 9.67. The highest BCUT2D eigenvalue weighted by Crippen LogP contribution is 2.18. The molecule has 16 heavy (non-hydrogen) atoms. The molecule has 0 spiro atoms. The summed E-state index contributed by atoms with van der Waals surface area (Å²) in [7, 11) is 1.80. The molecule has 0 radical (unpaired) electrons. The molecule has 0 aromatic rings. The smallest absolute Gasteiger partial charge is 0.269 e. The summed E-state index contributed by atoms with van der Waals surface area (Å²) in [4.78, 5) is 31.0. The first kappa shape index (κ1) is 10.8. The van der Waals surface area contributed by atoms with Crippen LogP contribution in [0, 0.1) is 0 Å². The number of imide groups is 1. The van der Waals surface area contributed by atoms with Crippen molar-refractivity contribution in [3.63, 3.8) is 0 Å². The molecule has 86 valence electrons. The summed E-state index contributed by atoms with van der Waals surface area (Å²) in [6.07, 6.45) is 1.59. The van der Waals surface area contributed by atoms with E-state index in [1.54, 1.807) is 29.8 Å². The van der Waals surface area contributed by atoms with Crippen LogP contribution in [0.4, 0.5) is 4.79 Å². The molecule has 0 aliphatic carbocycles. The molecule has 1 saturated heterocycles. The number of aliphatic imine (C=N–C) groups is 1. The van der Waals surface area contributed by atoms with Crippen LogP contribution in [0.5, 0.6) is 0 Å². The largest absolute Gasteiger partial charge is 0.388 e. The minimum absolute atomic E-state index is 0.229. The van der Waals surface area contributed by atoms with Gasteiger partial charge in [-0.1, -0.05) is 0 Å². The normalized spacial score (nSPS) is 24.6. The monoisotopic (exact) mass is 223 g/mol. The highest BCUT2D eigenvalue weighted by atomic mass is 16.2. The minimum atomic E-state index is -0.539. The fraction of sp³-hybridized carbons (Fsp3) is 0.600. The van der Waals surface area contributed by atoms with E-state index in [0.29, 0.717) is 18.9 Å². The molecule has 0 aromatic heterocycles. The summed E-state index contributed by atoms with van der Waals surface area (Å²) < 4.78 is 1.73. The van der Waals surface area contributed by atoms with Crippen molar-refractivity contribution in [1.29, 1.82) is 0 Å². The van der Waals surface area contributed by atoms with Crippen molar-refractivity contribution in [3.05, 3.63) is 0 Å². The Balaban J connectivity index is 2.45. The lowest BCUT2D eigenvalue weighted by molar-refractivity contribution is -0.363. The Bertz CT molecular complexity index is 413. The van der Waals surface area contributed by atoms with Crippen molar-refractivity contribution in [2.24, 2.45) is 4.99 Å². The maximum atomic E-state index is 12.0. The zero-order chi connectivity index (χ0) is 11.9. The number of rotatable bonds is 2. The molecule has 2 aliphatic rings. The summed E-state index contributed by atoms with van der Waals surface area (Å²) in [5.41, 5.74) is 0. The lowest BCUT2D eigenvalue weighted by atomic mass is 10.1. The lowest BCUT2D eigenvalue weighted by Gasteiger charge is -2.30. The van der Waals surface area contributed by atoms with Crippen molar-refractivity contribution in [1.82, 2.24) is 9.80 Å². The number of likely N-dealkylation sites (N-methyl/N-ethyl adjacent to an activating group) is 2. The molecule has 6 nitrogen and oxygen atoms in total. The molecule has 1 fully saturated rings. The summed E-state index contributed by atoms with van der Waals surface area (Å²) in [5, 5.41) is 0. The molecule has 2 heterocycles. The van der Waals surface area contributed by atoms with Crippen LogP contribution in [0.2, 0.25) is 0 Å². The molecule has 2 aliphatic heterocycles. The summed E-state index contributed by atoms with van der Waals surface area (Å²) in [6, 6.07) is -0.791. The van der Waals surface area contributed by atoms with Gasteiger partial charge < -0.3 is 0 Å². The van der Waals surface area contributed by atoms with Gasteiger partial charge >= 0.3 is 6.03 Å².